The van der Waals surface area contributed by atoms with Crippen LogP contribution in [0.4, 0.5) is 4.79 Å². The van der Waals surface area contributed by atoms with E-state index in [-0.39, 0.29) is 23.7 Å². The molecule has 6 rings (SSSR count). The second-order valence-electron chi connectivity index (χ2n) is 9.94. The number of benzene rings is 1. The quantitative estimate of drug-likeness (QED) is 0.411. The molecule has 4 aromatic rings. The maximum Gasteiger partial charge on any atom is 0.407 e. The van der Waals surface area contributed by atoms with E-state index in [9.17, 15) is 14.7 Å². The van der Waals surface area contributed by atoms with E-state index >= 15 is 0 Å². The second-order valence-corrected chi connectivity index (χ2v) is 9.94. The van der Waals surface area contributed by atoms with Gasteiger partial charge in [0, 0.05) is 42.6 Å². The second kappa shape index (κ2) is 9.26. The van der Waals surface area contributed by atoms with Crippen molar-refractivity contribution in [1.29, 1.82) is 0 Å². The zero-order valence-electron chi connectivity index (χ0n) is 20.0. The third-order valence-electron chi connectivity index (χ3n) is 8.02. The van der Waals surface area contributed by atoms with Crippen molar-refractivity contribution >= 4 is 17.3 Å². The van der Waals surface area contributed by atoms with Crippen molar-refractivity contribution in [2.24, 2.45) is 0 Å². The summed E-state index contributed by atoms with van der Waals surface area (Å²) in [6.45, 7) is 0.380. The topological polar surface area (TPSA) is 104 Å². The van der Waals surface area contributed by atoms with Crippen LogP contribution in [0, 0.1) is 0 Å². The van der Waals surface area contributed by atoms with Gasteiger partial charge in [0.1, 0.15) is 0 Å². The van der Waals surface area contributed by atoms with Gasteiger partial charge in [0.25, 0.3) is 0 Å². The molecule has 1 fully saturated rings. The molecule has 4 atom stereocenters. The highest BCUT2D eigenvalue weighted by Crippen LogP contribution is 2.43. The fourth-order valence-electron chi connectivity index (χ4n) is 6.38. The highest BCUT2D eigenvalue weighted by atomic mass is 16.4. The molecule has 2 N–H and O–H groups in total. The van der Waals surface area contributed by atoms with E-state index < -0.39 is 6.09 Å². The van der Waals surface area contributed by atoms with Gasteiger partial charge in [-0.15, -0.1) is 0 Å². The minimum absolute atomic E-state index is 0.0344. The number of aromatic amines is 1. The molecule has 0 spiro atoms. The lowest BCUT2D eigenvalue weighted by molar-refractivity contribution is 0.0779. The normalized spacial score (nSPS) is 24.3. The van der Waals surface area contributed by atoms with Gasteiger partial charge in [-0.2, -0.15) is 0 Å². The van der Waals surface area contributed by atoms with Crippen LogP contribution < -0.4 is 5.69 Å². The summed E-state index contributed by atoms with van der Waals surface area (Å²) in [4.78, 5) is 38.8. The average Bonchev–Trinajstić information content (AvgIpc) is 3.11. The Morgan fingerprint density at radius 1 is 0.972 bits per heavy atom. The summed E-state index contributed by atoms with van der Waals surface area (Å²) in [5.74, 6) is 0.326. The summed E-state index contributed by atoms with van der Waals surface area (Å²) < 4.78 is 1.78. The Morgan fingerprint density at radius 3 is 2.61 bits per heavy atom. The monoisotopic (exact) mass is 483 g/mol. The van der Waals surface area contributed by atoms with Crippen molar-refractivity contribution in [3.63, 3.8) is 0 Å². The molecule has 2 aliphatic rings. The van der Waals surface area contributed by atoms with Gasteiger partial charge in [0.05, 0.1) is 5.52 Å². The van der Waals surface area contributed by atoms with Crippen molar-refractivity contribution in [3.05, 3.63) is 94.3 Å². The zero-order valence-corrected chi connectivity index (χ0v) is 20.0. The number of imidazole rings is 1. The predicted octanol–water partition coefficient (Wildman–Crippen LogP) is 4.71. The number of aromatic nitrogens is 4. The van der Waals surface area contributed by atoms with Crippen molar-refractivity contribution in [1.82, 2.24) is 24.4 Å². The van der Waals surface area contributed by atoms with Crippen LogP contribution in [0.25, 0.3) is 11.2 Å². The molecular formula is C28H29N5O3. The first-order valence-electron chi connectivity index (χ1n) is 12.6. The number of fused-ring (bicyclic) bond motifs is 2. The molecule has 8 nitrogen and oxygen atoms in total. The number of H-pyrrole nitrogens is 1. The molecule has 2 unspecified atom stereocenters. The minimum atomic E-state index is -0.910. The summed E-state index contributed by atoms with van der Waals surface area (Å²) in [7, 11) is 0. The molecule has 8 heteroatoms. The van der Waals surface area contributed by atoms with Crippen LogP contribution in [0.5, 0.6) is 0 Å². The van der Waals surface area contributed by atoms with E-state index in [0.29, 0.717) is 31.0 Å². The Kier molecular flexibility index (Phi) is 5.79. The molecule has 1 aliphatic heterocycles. The van der Waals surface area contributed by atoms with E-state index in [1.54, 1.807) is 15.7 Å². The number of nitrogens with one attached hydrogen (secondary N) is 1. The Balaban J connectivity index is 1.38. The van der Waals surface area contributed by atoms with Crippen molar-refractivity contribution in [2.45, 2.75) is 56.0 Å². The summed E-state index contributed by atoms with van der Waals surface area (Å²) >= 11 is 0. The smallest absolute Gasteiger partial charge is 0.407 e. The van der Waals surface area contributed by atoms with Crippen LogP contribution in [0.15, 0.2) is 71.8 Å². The van der Waals surface area contributed by atoms with Gasteiger partial charge in [-0.3, -0.25) is 14.5 Å². The van der Waals surface area contributed by atoms with Gasteiger partial charge in [-0.05, 0) is 67.3 Å². The number of amides is 1. The Morgan fingerprint density at radius 2 is 1.78 bits per heavy atom. The summed E-state index contributed by atoms with van der Waals surface area (Å²) in [6, 6.07) is 18.0. The minimum Gasteiger partial charge on any atom is -0.465 e. The molecule has 1 aliphatic carbocycles. The maximum absolute atomic E-state index is 12.9. The Hall–Kier alpha value is -3.94. The molecule has 0 radical (unpaired) electrons. The fraction of sp³-hybridized carbons (Fsp3) is 0.357. The Labute approximate surface area is 208 Å². The van der Waals surface area contributed by atoms with Crippen LogP contribution in [0.3, 0.4) is 0 Å². The molecule has 3 aromatic heterocycles. The number of hydrogen-bond donors (Lipinski definition) is 2. The fourth-order valence-corrected chi connectivity index (χ4v) is 6.38. The molecule has 1 saturated heterocycles. The first kappa shape index (κ1) is 22.5. The standard InChI is InChI=1S/C28H29N5O3/c34-27-31-26-23(9-5-14-30-26)33(27)21-12-15-32(28(35)36)24(17-21)22-11-10-19(18-6-2-1-3-7-18)16-20-8-4-13-29-25(20)22/h1-9,13-14,19,21-22,24H,10-12,15-17H2,(H,35,36)(H,30,31,34)/t19-,21?,22+,24?/m1/s1. The lowest BCUT2D eigenvalue weighted by atomic mass is 9.82. The van der Waals surface area contributed by atoms with Gasteiger partial charge < -0.3 is 10.0 Å². The van der Waals surface area contributed by atoms with E-state index in [1.165, 1.54) is 11.1 Å². The van der Waals surface area contributed by atoms with E-state index in [1.807, 2.05) is 30.5 Å². The van der Waals surface area contributed by atoms with Gasteiger partial charge in [0.2, 0.25) is 0 Å². The van der Waals surface area contributed by atoms with E-state index in [2.05, 4.69) is 40.3 Å². The molecule has 1 amide bonds. The summed E-state index contributed by atoms with van der Waals surface area (Å²) in [5, 5.41) is 10.2. The van der Waals surface area contributed by atoms with Gasteiger partial charge in [-0.1, -0.05) is 36.4 Å². The number of nitrogens with zero attached hydrogens (tertiary/aromatic N) is 4. The molecule has 1 aromatic carbocycles. The molecule has 36 heavy (non-hydrogen) atoms. The SMILES string of the molecule is O=C(O)N1CCC(n2c(=O)[nH]c3ncccc32)CC1[C@@H]1CC[C@@H](c2ccccc2)Cc2cccnc21. The lowest BCUT2D eigenvalue weighted by Crippen LogP contribution is -2.49. The third-order valence-corrected chi connectivity index (χ3v) is 8.02. The first-order chi connectivity index (χ1) is 17.6. The third kappa shape index (κ3) is 3.96. The van der Waals surface area contributed by atoms with E-state index in [0.717, 1.165) is 30.5 Å². The van der Waals surface area contributed by atoms with Crippen molar-refractivity contribution in [3.8, 4) is 0 Å². The van der Waals surface area contributed by atoms with Gasteiger partial charge in [-0.25, -0.2) is 14.6 Å². The van der Waals surface area contributed by atoms with Crippen LogP contribution in [0.1, 0.15) is 60.4 Å². The number of likely N-dealkylation sites (tertiary alicyclic amines) is 1. The first-order valence-corrected chi connectivity index (χ1v) is 12.6. The number of carbonyl (C=O) groups is 1. The van der Waals surface area contributed by atoms with Crippen LogP contribution in [-0.4, -0.2) is 48.2 Å². The number of piperidine rings is 1. The number of carboxylic acid groups (broad SMARTS) is 1. The molecule has 4 heterocycles. The molecule has 0 saturated carbocycles. The average molecular weight is 484 g/mol. The van der Waals surface area contributed by atoms with Gasteiger partial charge in [0.15, 0.2) is 5.65 Å². The molecule has 0 bridgehead atoms. The van der Waals surface area contributed by atoms with Crippen molar-refractivity contribution in [2.75, 3.05) is 6.54 Å². The largest absolute Gasteiger partial charge is 0.465 e. The van der Waals surface area contributed by atoms with E-state index in [4.69, 9.17) is 4.98 Å². The summed E-state index contributed by atoms with van der Waals surface area (Å²) in [6.07, 6.45) is 6.40. The molecule has 184 valence electrons. The van der Waals surface area contributed by atoms with Crippen LogP contribution in [0.2, 0.25) is 0 Å². The summed E-state index contributed by atoms with van der Waals surface area (Å²) in [5.41, 5.74) is 4.63. The lowest BCUT2D eigenvalue weighted by Gasteiger charge is -2.42. The van der Waals surface area contributed by atoms with Crippen LogP contribution >= 0.6 is 0 Å². The predicted molar refractivity (Wildman–Crippen MR) is 136 cm³/mol. The van der Waals surface area contributed by atoms with Gasteiger partial charge >= 0.3 is 11.8 Å². The number of hydrogen-bond acceptors (Lipinski definition) is 4. The zero-order chi connectivity index (χ0) is 24.6. The van der Waals surface area contributed by atoms with Crippen molar-refractivity contribution < 1.29 is 9.90 Å². The maximum atomic E-state index is 12.9. The highest BCUT2D eigenvalue weighted by Gasteiger charge is 2.41. The Bertz CT molecular complexity index is 1450. The number of rotatable bonds is 3. The highest BCUT2D eigenvalue weighted by molar-refractivity contribution is 5.70. The van der Waals surface area contributed by atoms with Crippen LogP contribution in [-0.2, 0) is 6.42 Å². The number of pyridine rings is 2. The molecular weight excluding hydrogens is 454 g/mol.